The molecular weight excluding hydrogens is 367 g/mol. The molecule has 27 heavy (non-hydrogen) atoms. The summed E-state index contributed by atoms with van der Waals surface area (Å²) in [6.45, 7) is 0.268. The van der Waals surface area contributed by atoms with E-state index in [1.807, 2.05) is 24.3 Å². The van der Waals surface area contributed by atoms with Gasteiger partial charge >= 0.3 is 0 Å². The van der Waals surface area contributed by atoms with E-state index in [1.54, 1.807) is 12.1 Å². The highest BCUT2D eigenvalue weighted by atomic mass is 35.5. The minimum absolute atomic E-state index is 0.0839. The van der Waals surface area contributed by atoms with Crippen molar-refractivity contribution in [3.8, 4) is 0 Å². The van der Waals surface area contributed by atoms with Crippen molar-refractivity contribution in [1.29, 1.82) is 0 Å². The molecule has 2 atom stereocenters. The van der Waals surface area contributed by atoms with Crippen molar-refractivity contribution >= 4 is 23.9 Å². The molecule has 0 aromatic heterocycles. The van der Waals surface area contributed by atoms with Crippen LogP contribution >= 0.6 is 11.6 Å². The van der Waals surface area contributed by atoms with Crippen LogP contribution in [0.15, 0.2) is 58.5 Å². The van der Waals surface area contributed by atoms with Gasteiger partial charge in [0.05, 0.1) is 12.6 Å². The molecule has 1 saturated carbocycles. The van der Waals surface area contributed by atoms with Gasteiger partial charge in [0.1, 0.15) is 12.2 Å². The lowest BCUT2D eigenvalue weighted by Gasteiger charge is -2.11. The Balaban J connectivity index is 1.52. The van der Waals surface area contributed by atoms with Gasteiger partial charge < -0.3 is 5.73 Å². The summed E-state index contributed by atoms with van der Waals surface area (Å²) in [6.07, 6.45) is 4.00. The van der Waals surface area contributed by atoms with Crippen LogP contribution in [-0.2, 0) is 6.54 Å². The maximum atomic E-state index is 13.0. The van der Waals surface area contributed by atoms with E-state index < -0.39 is 0 Å². The first-order chi connectivity index (χ1) is 13.0. The number of aliphatic imine (C=N–C) groups is 2. The third kappa shape index (κ3) is 5.77. The van der Waals surface area contributed by atoms with E-state index in [2.05, 4.69) is 9.98 Å². The molecule has 1 aliphatic rings. The highest BCUT2D eigenvalue weighted by Gasteiger charge is 2.25. The molecule has 0 saturated heterocycles. The summed E-state index contributed by atoms with van der Waals surface area (Å²) >= 11 is 5.84. The molecule has 0 heterocycles. The Hall–Kier alpha value is -2.44. The number of hydrogen-bond donors (Lipinski definition) is 2. The van der Waals surface area contributed by atoms with Crippen LogP contribution in [0.3, 0.4) is 0 Å². The van der Waals surface area contributed by atoms with E-state index in [1.165, 1.54) is 18.5 Å². The van der Waals surface area contributed by atoms with Gasteiger partial charge in [-0.05, 0) is 60.6 Å². The largest absolute Gasteiger partial charge is 0.368 e. The number of rotatable bonds is 5. The molecule has 0 bridgehead atoms. The number of hydrogen-bond acceptors (Lipinski definition) is 2. The maximum Gasteiger partial charge on any atom is 0.217 e. The summed E-state index contributed by atoms with van der Waals surface area (Å²) in [4.78, 5) is 8.44. The Morgan fingerprint density at radius 1 is 1.19 bits per heavy atom. The lowest BCUT2D eigenvalue weighted by Crippen LogP contribution is -2.20. The average Bonchev–Trinajstić information content (AvgIpc) is 3.11. The third-order valence-electron chi connectivity index (χ3n) is 4.64. The van der Waals surface area contributed by atoms with E-state index in [9.17, 15) is 9.60 Å². The van der Waals surface area contributed by atoms with Gasteiger partial charge in [0.25, 0.3) is 0 Å². The van der Waals surface area contributed by atoms with Crippen LogP contribution in [0.4, 0.5) is 4.39 Å². The summed E-state index contributed by atoms with van der Waals surface area (Å²) < 4.78 is 13.0. The average molecular weight is 389 g/mol. The maximum absolute atomic E-state index is 13.0. The first kappa shape index (κ1) is 19.3. The molecule has 2 aromatic carbocycles. The third-order valence-corrected chi connectivity index (χ3v) is 4.89. The Kier molecular flexibility index (Phi) is 6.42. The van der Waals surface area contributed by atoms with E-state index in [4.69, 9.17) is 17.3 Å². The standard InChI is InChI=1S/C20H22ClFN4O/c21-17-6-1-14(2-7-17)12-26(27)13-24-20(23)25-19-10-5-16(11-19)15-3-8-18(22)9-4-15/h1-4,6-9,13,16,19,27H,5,10-12H2,(H2,23,25). The van der Waals surface area contributed by atoms with Gasteiger partial charge in [0.2, 0.25) is 5.96 Å². The van der Waals surface area contributed by atoms with Crippen molar-refractivity contribution in [3.63, 3.8) is 0 Å². The number of nitrogens with zero attached hydrogens (tertiary/aromatic N) is 3. The van der Waals surface area contributed by atoms with Crippen molar-refractivity contribution in [1.82, 2.24) is 5.06 Å². The number of hydroxylamine groups is 2. The van der Waals surface area contributed by atoms with Gasteiger partial charge in [-0.15, -0.1) is 0 Å². The molecule has 0 aliphatic heterocycles. The minimum atomic E-state index is -0.225. The fourth-order valence-electron chi connectivity index (χ4n) is 3.28. The second kappa shape index (κ2) is 8.97. The van der Waals surface area contributed by atoms with Gasteiger partial charge in [-0.1, -0.05) is 35.9 Å². The molecule has 1 fully saturated rings. The smallest absolute Gasteiger partial charge is 0.217 e. The van der Waals surface area contributed by atoms with Crippen LogP contribution in [0.25, 0.3) is 0 Å². The summed E-state index contributed by atoms with van der Waals surface area (Å²) in [6, 6.07) is 13.9. The molecule has 0 amide bonds. The monoisotopic (exact) mass is 388 g/mol. The molecule has 3 N–H and O–H groups in total. The van der Waals surface area contributed by atoms with E-state index >= 15 is 0 Å². The second-order valence-corrected chi connectivity index (χ2v) is 7.11. The molecular formula is C20H22ClFN4O. The first-order valence-corrected chi connectivity index (χ1v) is 9.20. The van der Waals surface area contributed by atoms with Gasteiger partial charge in [-0.2, -0.15) is 0 Å². The topological polar surface area (TPSA) is 74.2 Å². The molecule has 1 aliphatic carbocycles. The van der Waals surface area contributed by atoms with Crippen molar-refractivity contribution in [2.45, 2.75) is 37.8 Å². The summed E-state index contributed by atoms with van der Waals surface area (Å²) in [7, 11) is 0. The van der Waals surface area contributed by atoms with Crippen molar-refractivity contribution < 1.29 is 9.60 Å². The normalized spacial score (nSPS) is 20.3. The number of nitrogens with two attached hydrogens (primary N) is 1. The summed E-state index contributed by atoms with van der Waals surface area (Å²) in [5.41, 5.74) is 7.88. The van der Waals surface area contributed by atoms with Crippen molar-refractivity contribution in [2.24, 2.45) is 15.7 Å². The van der Waals surface area contributed by atoms with Crippen LogP contribution in [-0.4, -0.2) is 28.6 Å². The molecule has 7 heteroatoms. The van der Waals surface area contributed by atoms with Gasteiger partial charge in [0.15, 0.2) is 0 Å². The van der Waals surface area contributed by atoms with E-state index in [0.29, 0.717) is 10.9 Å². The summed E-state index contributed by atoms with van der Waals surface area (Å²) in [5, 5.41) is 11.5. The fourth-order valence-corrected chi connectivity index (χ4v) is 3.40. The van der Waals surface area contributed by atoms with Gasteiger partial charge in [0, 0.05) is 5.02 Å². The Labute approximate surface area is 163 Å². The molecule has 2 unspecified atom stereocenters. The number of halogens is 2. The van der Waals surface area contributed by atoms with Crippen LogP contribution < -0.4 is 5.73 Å². The molecule has 5 nitrogen and oxygen atoms in total. The fraction of sp³-hybridized carbons (Fsp3) is 0.300. The van der Waals surface area contributed by atoms with E-state index in [0.717, 1.165) is 35.5 Å². The second-order valence-electron chi connectivity index (χ2n) is 6.67. The number of guanidine groups is 1. The molecule has 142 valence electrons. The highest BCUT2D eigenvalue weighted by molar-refractivity contribution is 6.30. The minimum Gasteiger partial charge on any atom is -0.368 e. The van der Waals surface area contributed by atoms with Crippen molar-refractivity contribution in [2.75, 3.05) is 0 Å². The Bertz CT molecular complexity index is 808. The first-order valence-electron chi connectivity index (χ1n) is 8.82. The SMILES string of the molecule is NC(N=CN(O)Cc1ccc(Cl)cc1)=NC1CCC(c2ccc(F)cc2)C1. The van der Waals surface area contributed by atoms with Crippen LogP contribution in [0.2, 0.25) is 5.02 Å². The van der Waals surface area contributed by atoms with Gasteiger partial charge in [-0.25, -0.2) is 19.4 Å². The van der Waals surface area contributed by atoms with Crippen molar-refractivity contribution in [3.05, 3.63) is 70.5 Å². The highest BCUT2D eigenvalue weighted by Crippen LogP contribution is 2.36. The lowest BCUT2D eigenvalue weighted by molar-refractivity contribution is -0.0163. The zero-order chi connectivity index (χ0) is 19.2. The van der Waals surface area contributed by atoms with Crippen LogP contribution in [0.5, 0.6) is 0 Å². The van der Waals surface area contributed by atoms with Crippen LogP contribution in [0, 0.1) is 5.82 Å². The summed E-state index contributed by atoms with van der Waals surface area (Å²) in [5.74, 6) is 0.266. The van der Waals surface area contributed by atoms with Crippen LogP contribution in [0.1, 0.15) is 36.3 Å². The molecule has 3 rings (SSSR count). The Morgan fingerprint density at radius 2 is 1.89 bits per heavy atom. The van der Waals surface area contributed by atoms with Gasteiger partial charge in [-0.3, -0.25) is 5.21 Å². The zero-order valence-corrected chi connectivity index (χ0v) is 15.6. The Morgan fingerprint density at radius 3 is 2.59 bits per heavy atom. The van der Waals surface area contributed by atoms with E-state index in [-0.39, 0.29) is 24.4 Å². The zero-order valence-electron chi connectivity index (χ0n) is 14.8. The predicted octanol–water partition coefficient (Wildman–Crippen LogP) is 4.35. The quantitative estimate of drug-likeness (QED) is 0.454. The lowest BCUT2D eigenvalue weighted by atomic mass is 9.97. The number of benzene rings is 2. The molecule has 0 radical (unpaired) electrons. The predicted molar refractivity (Wildman–Crippen MR) is 106 cm³/mol. The molecule has 0 spiro atoms. The molecule has 2 aromatic rings.